The van der Waals surface area contributed by atoms with Crippen molar-refractivity contribution in [3.8, 4) is 44.5 Å². The molecule has 3 aliphatic carbocycles. The molecule has 0 aliphatic heterocycles. The van der Waals surface area contributed by atoms with Gasteiger partial charge in [-0.3, -0.25) is 0 Å². The normalized spacial score (nSPS) is 14.3. The number of hydrogen-bond acceptors (Lipinski definition) is 1. The molecule has 0 bridgehead atoms. The molecular formula is C60H41N. The zero-order chi connectivity index (χ0) is 40.5. The van der Waals surface area contributed by atoms with E-state index in [2.05, 4.69) is 231 Å². The first-order chi connectivity index (χ1) is 30.0. The molecule has 0 saturated heterocycles. The molecule has 1 heteroatoms. The highest BCUT2D eigenvalue weighted by molar-refractivity contribution is 6.06. The van der Waals surface area contributed by atoms with Crippen LogP contribution in [0.15, 0.2) is 212 Å². The maximum absolute atomic E-state index is 2.51. The zero-order valence-electron chi connectivity index (χ0n) is 34.2. The molecule has 0 radical (unpaired) electrons. The standard InChI is InChI=1S/C60H41N/c1-59(2)56-35-42(31-33-49(56)52-37-51(39-17-4-3-5-18-39)44-20-8-9-24-50(44)58(52)59)61(41-29-28-38-16-6-7-19-40(38)34-41)43-30-32-48-47-23-12-15-27-55(47)60(57(48)36-43)53-25-13-10-21-45(53)46-22-11-14-26-54(46)60/h3-37H,1-2H3. The third kappa shape index (κ3) is 4.61. The van der Waals surface area contributed by atoms with E-state index in [1.165, 1.54) is 99.4 Å². The van der Waals surface area contributed by atoms with Crippen LogP contribution in [-0.2, 0) is 10.8 Å². The maximum Gasteiger partial charge on any atom is 0.0726 e. The highest BCUT2D eigenvalue weighted by Crippen LogP contribution is 2.63. The van der Waals surface area contributed by atoms with E-state index < -0.39 is 5.41 Å². The van der Waals surface area contributed by atoms with Crippen molar-refractivity contribution in [3.05, 3.63) is 246 Å². The van der Waals surface area contributed by atoms with E-state index in [1.807, 2.05) is 0 Å². The van der Waals surface area contributed by atoms with Gasteiger partial charge in [0.05, 0.1) is 5.41 Å². The Balaban J connectivity index is 1.05. The lowest BCUT2D eigenvalue weighted by Gasteiger charge is -2.32. The van der Waals surface area contributed by atoms with Crippen molar-refractivity contribution in [1.82, 2.24) is 0 Å². The van der Waals surface area contributed by atoms with Crippen LogP contribution < -0.4 is 4.90 Å². The van der Waals surface area contributed by atoms with Gasteiger partial charge < -0.3 is 4.90 Å². The lowest BCUT2D eigenvalue weighted by Crippen LogP contribution is -2.26. The Kier molecular flexibility index (Phi) is 7.06. The van der Waals surface area contributed by atoms with Crippen molar-refractivity contribution in [2.24, 2.45) is 0 Å². The number of anilines is 3. The second kappa shape index (κ2) is 12.5. The summed E-state index contributed by atoms with van der Waals surface area (Å²) in [5, 5.41) is 5.09. The van der Waals surface area contributed by atoms with Crippen LogP contribution in [0.2, 0.25) is 0 Å². The Morgan fingerprint density at radius 1 is 0.311 bits per heavy atom. The van der Waals surface area contributed by atoms with E-state index in [0.29, 0.717) is 0 Å². The van der Waals surface area contributed by atoms with E-state index in [4.69, 9.17) is 0 Å². The molecule has 0 amide bonds. The largest absolute Gasteiger partial charge is 0.310 e. The van der Waals surface area contributed by atoms with Crippen LogP contribution in [0.3, 0.4) is 0 Å². The topological polar surface area (TPSA) is 3.24 Å². The Bertz CT molecular complexity index is 3400. The Hall–Kier alpha value is -7.48. The van der Waals surface area contributed by atoms with E-state index in [-0.39, 0.29) is 5.41 Å². The van der Waals surface area contributed by atoms with E-state index in [9.17, 15) is 0 Å². The minimum atomic E-state index is -0.427. The molecule has 1 spiro atoms. The molecule has 13 rings (SSSR count). The van der Waals surface area contributed by atoms with Crippen LogP contribution in [0, 0.1) is 0 Å². The molecular weight excluding hydrogens is 735 g/mol. The van der Waals surface area contributed by atoms with Crippen molar-refractivity contribution in [3.63, 3.8) is 0 Å². The second-order valence-corrected chi connectivity index (χ2v) is 17.6. The summed E-state index contributed by atoms with van der Waals surface area (Å²) in [4.78, 5) is 2.50. The van der Waals surface area contributed by atoms with Crippen molar-refractivity contribution in [2.45, 2.75) is 24.7 Å². The monoisotopic (exact) mass is 775 g/mol. The van der Waals surface area contributed by atoms with Gasteiger partial charge in [0.1, 0.15) is 0 Å². The molecule has 10 aromatic rings. The third-order valence-corrected chi connectivity index (χ3v) is 14.2. The molecule has 0 heterocycles. The van der Waals surface area contributed by atoms with E-state index in [1.54, 1.807) is 0 Å². The summed E-state index contributed by atoms with van der Waals surface area (Å²) in [5.74, 6) is 0. The summed E-state index contributed by atoms with van der Waals surface area (Å²) in [6.45, 7) is 4.84. The molecule has 1 nitrogen and oxygen atoms in total. The first kappa shape index (κ1) is 34.4. The van der Waals surface area contributed by atoms with Crippen molar-refractivity contribution in [1.29, 1.82) is 0 Å². The lowest BCUT2D eigenvalue weighted by atomic mass is 9.70. The van der Waals surface area contributed by atoms with E-state index >= 15 is 0 Å². The average Bonchev–Trinajstić information content (AvgIpc) is 3.87. The third-order valence-electron chi connectivity index (χ3n) is 14.2. The van der Waals surface area contributed by atoms with Crippen LogP contribution in [0.1, 0.15) is 47.2 Å². The minimum Gasteiger partial charge on any atom is -0.310 e. The number of hydrogen-bond donors (Lipinski definition) is 0. The molecule has 0 N–H and O–H groups in total. The SMILES string of the molecule is CC1(C)c2cc(N(c3ccc4c(c3)C3(c5ccccc5-c5ccccc53)c3ccccc3-4)c3ccc4ccccc4c3)ccc2-c2cc(-c3ccccc3)c3ccccc3c21. The quantitative estimate of drug-likeness (QED) is 0.172. The summed E-state index contributed by atoms with van der Waals surface area (Å²) in [6, 6.07) is 79.7. The molecule has 10 aromatic carbocycles. The average molecular weight is 776 g/mol. The highest BCUT2D eigenvalue weighted by Gasteiger charge is 2.51. The molecule has 3 aliphatic rings. The predicted molar refractivity (Wildman–Crippen MR) is 255 cm³/mol. The Labute approximate surface area is 356 Å². The second-order valence-electron chi connectivity index (χ2n) is 17.6. The lowest BCUT2D eigenvalue weighted by molar-refractivity contribution is 0.666. The summed E-state index contributed by atoms with van der Waals surface area (Å²) < 4.78 is 0. The Morgan fingerprint density at radius 2 is 0.787 bits per heavy atom. The number of nitrogens with zero attached hydrogens (tertiary/aromatic N) is 1. The summed E-state index contributed by atoms with van der Waals surface area (Å²) in [5.41, 5.74) is 21.4. The first-order valence-electron chi connectivity index (χ1n) is 21.5. The van der Waals surface area contributed by atoms with Crippen LogP contribution in [0.25, 0.3) is 66.1 Å². The Morgan fingerprint density at radius 3 is 1.44 bits per heavy atom. The van der Waals surface area contributed by atoms with Gasteiger partial charge in [-0.15, -0.1) is 0 Å². The predicted octanol–water partition coefficient (Wildman–Crippen LogP) is 15.8. The fourth-order valence-electron chi connectivity index (χ4n) is 11.7. The molecule has 0 saturated carbocycles. The first-order valence-corrected chi connectivity index (χ1v) is 21.5. The zero-order valence-corrected chi connectivity index (χ0v) is 34.2. The van der Waals surface area contributed by atoms with Gasteiger partial charge in [0.2, 0.25) is 0 Å². The number of rotatable bonds is 4. The van der Waals surface area contributed by atoms with Crippen molar-refractivity contribution in [2.75, 3.05) is 4.90 Å². The summed E-state index contributed by atoms with van der Waals surface area (Å²) in [7, 11) is 0. The van der Waals surface area contributed by atoms with Gasteiger partial charge in [0, 0.05) is 22.5 Å². The van der Waals surface area contributed by atoms with Crippen LogP contribution >= 0.6 is 0 Å². The van der Waals surface area contributed by atoms with Gasteiger partial charge in [-0.2, -0.15) is 0 Å². The fraction of sp³-hybridized carbons (Fsp3) is 0.0667. The maximum atomic E-state index is 2.51. The van der Waals surface area contributed by atoms with Crippen LogP contribution in [0.5, 0.6) is 0 Å². The smallest absolute Gasteiger partial charge is 0.0726 e. The molecule has 286 valence electrons. The van der Waals surface area contributed by atoms with Crippen molar-refractivity contribution < 1.29 is 0 Å². The fourth-order valence-corrected chi connectivity index (χ4v) is 11.7. The van der Waals surface area contributed by atoms with Crippen molar-refractivity contribution >= 4 is 38.6 Å². The molecule has 0 aromatic heterocycles. The molecule has 61 heavy (non-hydrogen) atoms. The summed E-state index contributed by atoms with van der Waals surface area (Å²) >= 11 is 0. The van der Waals surface area contributed by atoms with Crippen LogP contribution in [0.4, 0.5) is 17.1 Å². The highest BCUT2D eigenvalue weighted by atomic mass is 15.1. The number of benzene rings is 10. The summed E-state index contributed by atoms with van der Waals surface area (Å²) in [6.07, 6.45) is 0. The molecule has 0 unspecified atom stereocenters. The van der Waals surface area contributed by atoms with Gasteiger partial charge >= 0.3 is 0 Å². The van der Waals surface area contributed by atoms with Gasteiger partial charge in [0.25, 0.3) is 0 Å². The molecule has 0 fully saturated rings. The van der Waals surface area contributed by atoms with Gasteiger partial charge in [0.15, 0.2) is 0 Å². The molecule has 0 atom stereocenters. The number of fused-ring (bicyclic) bond motifs is 16. The van der Waals surface area contributed by atoms with Gasteiger partial charge in [-0.05, 0) is 142 Å². The van der Waals surface area contributed by atoms with Crippen LogP contribution in [-0.4, -0.2) is 0 Å². The van der Waals surface area contributed by atoms with E-state index in [0.717, 1.165) is 17.1 Å². The van der Waals surface area contributed by atoms with Gasteiger partial charge in [-0.25, -0.2) is 0 Å². The minimum absolute atomic E-state index is 0.231. The van der Waals surface area contributed by atoms with Gasteiger partial charge in [-0.1, -0.05) is 184 Å².